The average molecular weight is 321 g/mol. The van der Waals surface area contributed by atoms with Crippen LogP contribution in [0.3, 0.4) is 0 Å². The predicted octanol–water partition coefficient (Wildman–Crippen LogP) is 4.34. The van der Waals surface area contributed by atoms with Crippen molar-refractivity contribution < 1.29 is 65.4 Å². The van der Waals surface area contributed by atoms with Gasteiger partial charge in [0.25, 0.3) is 0 Å². The molecule has 0 saturated heterocycles. The topological polar surface area (TPSA) is 70.0 Å². The van der Waals surface area contributed by atoms with Crippen molar-refractivity contribution in [1.82, 2.24) is 12.3 Å². The summed E-state index contributed by atoms with van der Waals surface area (Å²) in [6.45, 7) is 4.00. The van der Waals surface area contributed by atoms with Crippen LogP contribution in [0.5, 0.6) is 0 Å². The second kappa shape index (κ2) is 332. The molecule has 6 N–H and O–H groups in total. The third-order valence-electron chi connectivity index (χ3n) is 0. The Hall–Kier alpha value is 2.13. The van der Waals surface area contributed by atoms with E-state index in [1.54, 1.807) is 0 Å². The van der Waals surface area contributed by atoms with Gasteiger partial charge in [0.1, 0.15) is 0 Å². The minimum atomic E-state index is 0. The average Bonchev–Trinajstić information content (AvgIpc) is 1.00. The molecule has 0 fully saturated rings. The van der Waals surface area contributed by atoms with Crippen LogP contribution < -0.4 is 12.3 Å². The third kappa shape index (κ3) is 275. The van der Waals surface area contributed by atoms with Crippen molar-refractivity contribution in [2.24, 2.45) is 0 Å². The Morgan fingerprint density at radius 3 is 0.545 bits per heavy atom. The van der Waals surface area contributed by atoms with Crippen molar-refractivity contribution in [1.29, 1.82) is 0 Å². The maximum absolute atomic E-state index is 2.00. The van der Waals surface area contributed by atoms with Crippen LogP contribution in [-0.4, -0.2) is 0 Å². The molecule has 0 unspecified atom stereocenters. The van der Waals surface area contributed by atoms with Gasteiger partial charge in [-0.25, -0.2) is 0 Å². The van der Waals surface area contributed by atoms with E-state index in [4.69, 9.17) is 0 Å². The van der Waals surface area contributed by atoms with Crippen LogP contribution in [0.15, 0.2) is 0 Å². The Labute approximate surface area is 127 Å². The zero-order chi connectivity index (χ0) is 2.00. The van der Waals surface area contributed by atoms with E-state index in [1.165, 1.54) is 0 Å². The molecule has 0 aromatic rings. The molecule has 76 valence electrons. The van der Waals surface area contributed by atoms with E-state index in [1.807, 2.05) is 13.8 Å². The molecule has 0 aromatic heterocycles. The second-order valence-corrected chi connectivity index (χ2v) is 0. The first-order valence-corrected chi connectivity index (χ1v) is 1.00. The summed E-state index contributed by atoms with van der Waals surface area (Å²) in [5.41, 5.74) is 0. The molecule has 2 radical (unpaired) electrons. The summed E-state index contributed by atoms with van der Waals surface area (Å²) in [4.78, 5) is 0. The molecule has 0 aliphatic heterocycles. The Morgan fingerprint density at radius 2 is 0.545 bits per heavy atom. The van der Waals surface area contributed by atoms with Crippen molar-refractivity contribution in [2.45, 2.75) is 43.6 Å². The summed E-state index contributed by atoms with van der Waals surface area (Å²) in [5.74, 6) is 0. The van der Waals surface area contributed by atoms with Gasteiger partial charge >= 0.3 is 0 Å². The zero-order valence-corrected chi connectivity index (χ0v) is 11.2. The molecule has 0 amide bonds. The Kier molecular flexibility index (Phi) is 5950. The fourth-order valence-electron chi connectivity index (χ4n) is 0. The molecule has 0 aliphatic carbocycles. The summed E-state index contributed by atoms with van der Waals surface area (Å²) in [5, 5.41) is 0. The summed E-state index contributed by atoms with van der Waals surface area (Å²) >= 11 is 0. The SMILES string of the molecule is C.C.C.C.CC.N.N.[CH3-].[Y].[Y]. The van der Waals surface area contributed by atoms with Crippen molar-refractivity contribution in [3.63, 3.8) is 0 Å². The molecule has 2 nitrogen and oxygen atoms in total. The standard InChI is InChI=1S/C2H6.4CH4.CH3.2H3N.2Y/c1-2;;;;;;;;;/h1-2H3;4*1H4;3*1H3;;/q;;;;;-1;;;;. The predicted molar refractivity (Wildman–Crippen MR) is 54.7 cm³/mol. The maximum Gasteiger partial charge on any atom is 0 e. The molecule has 11 heavy (non-hydrogen) atoms. The molecule has 0 atom stereocenters. The van der Waals surface area contributed by atoms with E-state index in [-0.39, 0.29) is 115 Å². The van der Waals surface area contributed by atoms with Gasteiger partial charge in [-0.3, -0.25) is 0 Å². The quantitative estimate of drug-likeness (QED) is 0.652. The van der Waals surface area contributed by atoms with Crippen molar-refractivity contribution in [3.8, 4) is 0 Å². The van der Waals surface area contributed by atoms with Gasteiger partial charge in [0.15, 0.2) is 0 Å². The molecular formula is C7H31N2Y2-. The van der Waals surface area contributed by atoms with E-state index in [0.717, 1.165) is 0 Å². The molecular weight excluding hydrogens is 290 g/mol. The smallest absolute Gasteiger partial charge is 0 e. The van der Waals surface area contributed by atoms with E-state index >= 15 is 0 Å². The Morgan fingerprint density at radius 1 is 0.545 bits per heavy atom. The molecule has 0 aliphatic rings. The number of hydrogen-bond donors (Lipinski definition) is 2. The van der Waals surface area contributed by atoms with Gasteiger partial charge < -0.3 is 19.7 Å². The molecule has 0 heterocycles. The van der Waals surface area contributed by atoms with E-state index in [0.29, 0.717) is 0 Å². The van der Waals surface area contributed by atoms with Crippen LogP contribution in [-0.2, 0) is 65.4 Å². The first-order valence-electron chi connectivity index (χ1n) is 1.00. The van der Waals surface area contributed by atoms with E-state index in [2.05, 4.69) is 0 Å². The molecule has 0 spiro atoms. The summed E-state index contributed by atoms with van der Waals surface area (Å²) in [6.07, 6.45) is 0. The normalized spacial score (nSPS) is 0.545. The van der Waals surface area contributed by atoms with Gasteiger partial charge in [-0.05, 0) is 0 Å². The number of rotatable bonds is 0. The van der Waals surface area contributed by atoms with Gasteiger partial charge in [0.05, 0.1) is 0 Å². The molecule has 4 heteroatoms. The van der Waals surface area contributed by atoms with Crippen molar-refractivity contribution >= 4 is 0 Å². The largest absolute Gasteiger partial charge is 0.358 e. The van der Waals surface area contributed by atoms with E-state index < -0.39 is 0 Å². The van der Waals surface area contributed by atoms with Gasteiger partial charge in [-0.1, -0.05) is 43.6 Å². The first kappa shape index (κ1) is 197. The monoisotopic (exact) mass is 321 g/mol. The van der Waals surface area contributed by atoms with Crippen molar-refractivity contribution in [3.05, 3.63) is 7.43 Å². The Bertz CT molecular complexity index is 14.4. The summed E-state index contributed by atoms with van der Waals surface area (Å²) in [6, 6.07) is 0. The van der Waals surface area contributed by atoms with Crippen LogP contribution >= 0.6 is 0 Å². The summed E-state index contributed by atoms with van der Waals surface area (Å²) in [7, 11) is 0. The minimum Gasteiger partial charge on any atom is -0.358 e. The van der Waals surface area contributed by atoms with Crippen LogP contribution in [0.1, 0.15) is 43.6 Å². The molecule has 0 saturated carbocycles. The van der Waals surface area contributed by atoms with E-state index in [9.17, 15) is 0 Å². The van der Waals surface area contributed by atoms with Gasteiger partial charge in [-0.15, -0.1) is 0 Å². The Balaban J connectivity index is -0.000000000139. The first-order chi connectivity index (χ1) is 1.00. The number of hydrogen-bond acceptors (Lipinski definition) is 2. The minimum absolute atomic E-state index is 0. The van der Waals surface area contributed by atoms with Crippen LogP contribution in [0, 0.1) is 7.43 Å². The zero-order valence-electron chi connectivity index (χ0n) is 5.57. The van der Waals surface area contributed by atoms with Gasteiger partial charge in [-0.2, -0.15) is 0 Å². The van der Waals surface area contributed by atoms with Gasteiger partial charge in [0.2, 0.25) is 0 Å². The van der Waals surface area contributed by atoms with Crippen LogP contribution in [0.4, 0.5) is 0 Å². The second-order valence-electron chi connectivity index (χ2n) is 0. The van der Waals surface area contributed by atoms with Crippen molar-refractivity contribution in [2.75, 3.05) is 0 Å². The molecule has 0 bridgehead atoms. The fourth-order valence-corrected chi connectivity index (χ4v) is 0. The summed E-state index contributed by atoms with van der Waals surface area (Å²) < 4.78 is 0. The third-order valence-corrected chi connectivity index (χ3v) is 0. The fraction of sp³-hybridized carbons (Fsp3) is 0.857. The van der Waals surface area contributed by atoms with Crippen LogP contribution in [0.25, 0.3) is 0 Å². The van der Waals surface area contributed by atoms with Gasteiger partial charge in [0, 0.05) is 65.4 Å². The maximum atomic E-state index is 2.00. The molecule has 0 aromatic carbocycles. The van der Waals surface area contributed by atoms with Crippen LogP contribution in [0.2, 0.25) is 0 Å². The molecule has 0 rings (SSSR count).